The minimum atomic E-state index is 1.09. The lowest BCUT2D eigenvalue weighted by molar-refractivity contribution is 1.35. The summed E-state index contributed by atoms with van der Waals surface area (Å²) in [6.07, 6.45) is 6.24. The molecule has 0 unspecified atom stereocenters. The molecule has 0 saturated carbocycles. The Kier molecular flexibility index (Phi) is 1.89. The average Bonchev–Trinajstić information content (AvgIpc) is 2.60. The molecule has 0 amide bonds. The van der Waals surface area contributed by atoms with Crippen LogP contribution in [0.25, 0.3) is 34.2 Å². The minimum Gasteiger partial charge on any atom is -0.256 e. The Morgan fingerprint density at radius 2 is 1.56 bits per heavy atom. The first-order valence-corrected chi connectivity index (χ1v) is 6.09. The van der Waals surface area contributed by atoms with Crippen LogP contribution in [0, 0.1) is 0 Å². The van der Waals surface area contributed by atoms with Gasteiger partial charge in [0.1, 0.15) is 0 Å². The summed E-state index contributed by atoms with van der Waals surface area (Å²) in [5.74, 6) is 0. The van der Waals surface area contributed by atoms with Crippen LogP contribution in [0.1, 0.15) is 11.1 Å². The van der Waals surface area contributed by atoms with Crippen molar-refractivity contribution in [1.29, 1.82) is 0 Å². The molecule has 0 spiro atoms. The van der Waals surface area contributed by atoms with Gasteiger partial charge in [0, 0.05) is 17.1 Å². The number of hydrogen-bond acceptors (Lipinski definition) is 1. The zero-order valence-electron chi connectivity index (χ0n) is 9.80. The molecule has 2 aromatic carbocycles. The Labute approximate surface area is 105 Å². The van der Waals surface area contributed by atoms with Crippen molar-refractivity contribution >= 4 is 22.9 Å². The van der Waals surface area contributed by atoms with Gasteiger partial charge in [0.2, 0.25) is 0 Å². The van der Waals surface area contributed by atoms with Gasteiger partial charge in [-0.1, -0.05) is 54.6 Å². The lowest BCUT2D eigenvalue weighted by Gasteiger charge is -2.08. The number of aromatic nitrogens is 1. The molecule has 1 heterocycles. The topological polar surface area (TPSA) is 12.9 Å². The van der Waals surface area contributed by atoms with Crippen molar-refractivity contribution in [3.8, 4) is 11.3 Å². The molecule has 0 N–H and O–H groups in total. The fourth-order valence-corrected chi connectivity index (χ4v) is 2.64. The highest BCUT2D eigenvalue weighted by molar-refractivity contribution is 6.05. The maximum absolute atomic E-state index is 4.60. The fraction of sp³-hybridized carbons (Fsp3) is 0. The summed E-state index contributed by atoms with van der Waals surface area (Å²) in [4.78, 5) is 4.60. The van der Waals surface area contributed by atoms with Gasteiger partial charge in [-0.05, 0) is 22.6 Å². The van der Waals surface area contributed by atoms with Gasteiger partial charge in [-0.2, -0.15) is 0 Å². The molecule has 0 fully saturated rings. The molecule has 1 aromatic heterocycles. The first kappa shape index (κ1) is 9.60. The second-order valence-electron chi connectivity index (χ2n) is 4.53. The van der Waals surface area contributed by atoms with Gasteiger partial charge in [-0.15, -0.1) is 0 Å². The SMILES string of the molecule is C1=Cc2cccc3ccnc(c23)-c2ccccc21. The van der Waals surface area contributed by atoms with E-state index in [0.717, 1.165) is 5.69 Å². The van der Waals surface area contributed by atoms with E-state index in [2.05, 4.69) is 65.7 Å². The maximum Gasteiger partial charge on any atom is 0.0792 e. The van der Waals surface area contributed by atoms with Crippen LogP contribution in [0.15, 0.2) is 54.7 Å². The molecule has 0 aliphatic heterocycles. The van der Waals surface area contributed by atoms with E-state index >= 15 is 0 Å². The van der Waals surface area contributed by atoms with Crippen LogP contribution >= 0.6 is 0 Å². The van der Waals surface area contributed by atoms with E-state index in [1.165, 1.54) is 27.5 Å². The lowest BCUT2D eigenvalue weighted by Crippen LogP contribution is -1.88. The smallest absolute Gasteiger partial charge is 0.0792 e. The number of fused-ring (bicyclic) bond motifs is 2. The summed E-state index contributed by atoms with van der Waals surface area (Å²) in [6, 6.07) is 16.9. The van der Waals surface area contributed by atoms with Crippen molar-refractivity contribution in [2.24, 2.45) is 0 Å². The van der Waals surface area contributed by atoms with Crippen molar-refractivity contribution in [1.82, 2.24) is 4.98 Å². The van der Waals surface area contributed by atoms with E-state index in [4.69, 9.17) is 0 Å². The third-order valence-electron chi connectivity index (χ3n) is 3.48. The van der Waals surface area contributed by atoms with Crippen molar-refractivity contribution in [3.63, 3.8) is 0 Å². The molecule has 1 nitrogen and oxygen atoms in total. The predicted octanol–water partition coefficient (Wildman–Crippen LogP) is 4.39. The monoisotopic (exact) mass is 229 g/mol. The molecule has 1 aliphatic rings. The molecule has 0 atom stereocenters. The van der Waals surface area contributed by atoms with Crippen LogP contribution in [-0.4, -0.2) is 4.98 Å². The van der Waals surface area contributed by atoms with Crippen molar-refractivity contribution in [2.75, 3.05) is 0 Å². The van der Waals surface area contributed by atoms with Gasteiger partial charge in [0.25, 0.3) is 0 Å². The molecular weight excluding hydrogens is 218 g/mol. The molecule has 3 aromatic rings. The number of rotatable bonds is 0. The van der Waals surface area contributed by atoms with Crippen molar-refractivity contribution in [3.05, 3.63) is 65.9 Å². The van der Waals surface area contributed by atoms with Gasteiger partial charge < -0.3 is 0 Å². The van der Waals surface area contributed by atoms with Crippen LogP contribution in [0.4, 0.5) is 0 Å². The molecule has 0 radical (unpaired) electrons. The van der Waals surface area contributed by atoms with Gasteiger partial charge in [0.05, 0.1) is 5.69 Å². The van der Waals surface area contributed by atoms with Crippen LogP contribution < -0.4 is 0 Å². The average molecular weight is 229 g/mol. The summed E-state index contributed by atoms with van der Waals surface area (Å²) in [5, 5.41) is 2.50. The van der Waals surface area contributed by atoms with E-state index < -0.39 is 0 Å². The Morgan fingerprint density at radius 1 is 0.722 bits per heavy atom. The van der Waals surface area contributed by atoms with Gasteiger partial charge in [0.15, 0.2) is 0 Å². The summed E-state index contributed by atoms with van der Waals surface area (Å²) in [6.45, 7) is 0. The Bertz CT molecular complexity index is 779. The minimum absolute atomic E-state index is 1.09. The summed E-state index contributed by atoms with van der Waals surface area (Å²) < 4.78 is 0. The highest BCUT2D eigenvalue weighted by Crippen LogP contribution is 2.35. The van der Waals surface area contributed by atoms with E-state index in [-0.39, 0.29) is 0 Å². The fourth-order valence-electron chi connectivity index (χ4n) is 2.64. The van der Waals surface area contributed by atoms with Gasteiger partial charge >= 0.3 is 0 Å². The number of hydrogen-bond donors (Lipinski definition) is 0. The first-order chi connectivity index (χ1) is 8.93. The van der Waals surface area contributed by atoms with E-state index in [9.17, 15) is 0 Å². The van der Waals surface area contributed by atoms with Crippen LogP contribution in [0.2, 0.25) is 0 Å². The summed E-state index contributed by atoms with van der Waals surface area (Å²) in [7, 11) is 0. The Morgan fingerprint density at radius 3 is 2.56 bits per heavy atom. The number of nitrogens with zero attached hydrogens (tertiary/aromatic N) is 1. The third kappa shape index (κ3) is 1.25. The normalized spacial score (nSPS) is 12.2. The molecule has 18 heavy (non-hydrogen) atoms. The number of benzene rings is 2. The van der Waals surface area contributed by atoms with Gasteiger partial charge in [-0.25, -0.2) is 0 Å². The molecule has 4 rings (SSSR count). The first-order valence-electron chi connectivity index (χ1n) is 6.09. The molecule has 84 valence electrons. The second-order valence-corrected chi connectivity index (χ2v) is 4.53. The Hall–Kier alpha value is -2.41. The van der Waals surface area contributed by atoms with Crippen molar-refractivity contribution in [2.45, 2.75) is 0 Å². The maximum atomic E-state index is 4.60. The lowest BCUT2D eigenvalue weighted by atomic mass is 10.00. The largest absolute Gasteiger partial charge is 0.256 e. The quantitative estimate of drug-likeness (QED) is 0.436. The second kappa shape index (κ2) is 3.54. The highest BCUT2D eigenvalue weighted by atomic mass is 14.7. The van der Waals surface area contributed by atoms with E-state index in [0.29, 0.717) is 0 Å². The summed E-state index contributed by atoms with van der Waals surface area (Å²) >= 11 is 0. The van der Waals surface area contributed by atoms with Crippen LogP contribution in [0.5, 0.6) is 0 Å². The third-order valence-corrected chi connectivity index (χ3v) is 3.48. The predicted molar refractivity (Wildman–Crippen MR) is 76.1 cm³/mol. The van der Waals surface area contributed by atoms with E-state index in [1.54, 1.807) is 0 Å². The van der Waals surface area contributed by atoms with E-state index in [1.807, 2.05) is 6.20 Å². The Balaban J connectivity index is 2.25. The molecule has 0 bridgehead atoms. The van der Waals surface area contributed by atoms with Crippen LogP contribution in [0.3, 0.4) is 0 Å². The zero-order chi connectivity index (χ0) is 11.9. The highest BCUT2D eigenvalue weighted by Gasteiger charge is 2.13. The summed E-state index contributed by atoms with van der Waals surface area (Å²) in [5.41, 5.74) is 4.77. The standard InChI is InChI=1S/C17H11N/c1-2-7-15-12(4-1)8-9-13-5-3-6-14-10-11-18-17(15)16(13)14/h1-11H. The molecular formula is C17H11N. The molecule has 1 heteroatoms. The molecule has 1 aliphatic carbocycles. The number of pyridine rings is 1. The van der Waals surface area contributed by atoms with Crippen molar-refractivity contribution < 1.29 is 0 Å². The molecule has 0 saturated heterocycles. The van der Waals surface area contributed by atoms with Crippen LogP contribution in [-0.2, 0) is 0 Å². The van der Waals surface area contributed by atoms with Gasteiger partial charge in [-0.3, -0.25) is 4.98 Å². The zero-order valence-corrected chi connectivity index (χ0v) is 9.80.